The quantitative estimate of drug-likeness (QED) is 0.430. The number of rotatable bonds is 9. The summed E-state index contributed by atoms with van der Waals surface area (Å²) in [7, 11) is -4.06. The molecule has 1 aromatic carbocycles. The zero-order valence-corrected chi connectivity index (χ0v) is 12.5. The van der Waals surface area contributed by atoms with Crippen molar-refractivity contribution in [3.8, 4) is 0 Å². The molecule has 0 radical (unpaired) electrons. The SMILES string of the molecule is CCCCCCCCCc1ccc(S(=O)(=O)O)cc1.[CaH2]. The van der Waals surface area contributed by atoms with E-state index >= 15 is 0 Å². The second-order valence-corrected chi connectivity index (χ2v) is 6.41. The Morgan fingerprint density at radius 2 is 1.40 bits per heavy atom. The van der Waals surface area contributed by atoms with Gasteiger partial charge in [-0.2, -0.15) is 8.42 Å². The van der Waals surface area contributed by atoms with Gasteiger partial charge in [0.25, 0.3) is 10.1 Å². The van der Waals surface area contributed by atoms with Gasteiger partial charge in [0.05, 0.1) is 4.90 Å². The van der Waals surface area contributed by atoms with Crippen molar-refractivity contribution in [3.05, 3.63) is 29.8 Å². The van der Waals surface area contributed by atoms with E-state index < -0.39 is 10.1 Å². The number of hydrogen-bond acceptors (Lipinski definition) is 2. The van der Waals surface area contributed by atoms with Crippen LogP contribution in [0.4, 0.5) is 0 Å². The summed E-state index contributed by atoms with van der Waals surface area (Å²) < 4.78 is 30.6. The monoisotopic (exact) mass is 326 g/mol. The van der Waals surface area contributed by atoms with Crippen LogP contribution in [0.15, 0.2) is 29.2 Å². The summed E-state index contributed by atoms with van der Waals surface area (Å²) in [5, 5.41) is 0. The molecule has 0 amide bonds. The fourth-order valence-corrected chi connectivity index (χ4v) is 2.59. The van der Waals surface area contributed by atoms with Gasteiger partial charge < -0.3 is 0 Å². The second kappa shape index (κ2) is 11.0. The van der Waals surface area contributed by atoms with E-state index in [-0.39, 0.29) is 42.6 Å². The molecule has 20 heavy (non-hydrogen) atoms. The molecule has 112 valence electrons. The van der Waals surface area contributed by atoms with Crippen LogP contribution < -0.4 is 0 Å². The zero-order valence-electron chi connectivity index (χ0n) is 11.6. The van der Waals surface area contributed by atoms with Crippen molar-refractivity contribution in [3.63, 3.8) is 0 Å². The van der Waals surface area contributed by atoms with Crippen LogP contribution in [-0.2, 0) is 16.5 Å². The Hall–Kier alpha value is 0.390. The van der Waals surface area contributed by atoms with Crippen LogP contribution in [0.2, 0.25) is 0 Å². The van der Waals surface area contributed by atoms with Gasteiger partial charge in [0, 0.05) is 0 Å². The Kier molecular flexibility index (Phi) is 11.2. The van der Waals surface area contributed by atoms with E-state index in [0.717, 1.165) is 18.4 Å². The van der Waals surface area contributed by atoms with Gasteiger partial charge in [-0.1, -0.05) is 57.6 Å². The van der Waals surface area contributed by atoms with Crippen LogP contribution in [0.25, 0.3) is 0 Å². The maximum absolute atomic E-state index is 10.9. The Balaban J connectivity index is 0.00000361. The van der Waals surface area contributed by atoms with Crippen molar-refractivity contribution in [2.24, 2.45) is 0 Å². The van der Waals surface area contributed by atoms with E-state index in [0.29, 0.717) is 0 Å². The zero-order chi connectivity index (χ0) is 14.1. The van der Waals surface area contributed by atoms with E-state index in [1.807, 2.05) is 0 Å². The fraction of sp³-hybridized carbons (Fsp3) is 0.600. The summed E-state index contributed by atoms with van der Waals surface area (Å²) in [6, 6.07) is 6.48. The predicted octanol–water partition coefficient (Wildman–Crippen LogP) is 3.31. The van der Waals surface area contributed by atoms with Gasteiger partial charge in [-0.3, -0.25) is 4.55 Å². The van der Waals surface area contributed by atoms with Crippen LogP contribution in [0, 0.1) is 0 Å². The van der Waals surface area contributed by atoms with Gasteiger partial charge in [0.15, 0.2) is 0 Å². The average Bonchev–Trinajstić information content (AvgIpc) is 2.37. The van der Waals surface area contributed by atoms with Crippen LogP contribution in [-0.4, -0.2) is 50.7 Å². The Labute approximate surface area is 152 Å². The minimum atomic E-state index is -4.06. The molecule has 0 aliphatic carbocycles. The molecule has 1 N–H and O–H groups in total. The van der Waals surface area contributed by atoms with Crippen LogP contribution in [0.1, 0.15) is 57.4 Å². The second-order valence-electron chi connectivity index (χ2n) is 4.99. The molecule has 0 bridgehead atoms. The average molecular weight is 327 g/mol. The molecule has 0 aromatic heterocycles. The van der Waals surface area contributed by atoms with Gasteiger partial charge in [-0.05, 0) is 30.5 Å². The molecule has 0 saturated heterocycles. The molecular weight excluding hydrogens is 300 g/mol. The number of unbranched alkanes of at least 4 members (excludes halogenated alkanes) is 6. The summed E-state index contributed by atoms with van der Waals surface area (Å²) in [5.41, 5.74) is 1.13. The molecule has 3 nitrogen and oxygen atoms in total. The van der Waals surface area contributed by atoms with E-state index in [1.165, 1.54) is 50.7 Å². The van der Waals surface area contributed by atoms with Gasteiger partial charge in [-0.25, -0.2) is 0 Å². The summed E-state index contributed by atoms with van der Waals surface area (Å²) in [4.78, 5) is -0.0317. The molecule has 0 heterocycles. The summed E-state index contributed by atoms with van der Waals surface area (Å²) in [6.07, 6.45) is 9.87. The molecule has 5 heteroatoms. The third kappa shape index (κ3) is 8.63. The molecular formula is C15H26CaO3S. The standard InChI is InChI=1S/C15H24O3S.Ca.2H/c1-2-3-4-5-6-7-8-9-14-10-12-15(13-11-14)19(16,17)18;;;/h10-13H,2-9H2,1H3,(H,16,17,18);;;. The first kappa shape index (κ1) is 20.4. The van der Waals surface area contributed by atoms with E-state index in [4.69, 9.17) is 4.55 Å². The molecule has 1 rings (SSSR count). The molecule has 0 aliphatic rings. The van der Waals surface area contributed by atoms with Crippen LogP contribution >= 0.6 is 0 Å². The molecule has 0 saturated carbocycles. The first-order valence-electron chi connectivity index (χ1n) is 7.10. The molecule has 0 unspecified atom stereocenters. The number of hydrogen-bond donors (Lipinski definition) is 1. The summed E-state index contributed by atoms with van der Waals surface area (Å²) in [6.45, 7) is 2.22. The number of benzene rings is 1. The van der Waals surface area contributed by atoms with Gasteiger partial charge in [0.2, 0.25) is 0 Å². The third-order valence-electron chi connectivity index (χ3n) is 3.29. The molecule has 0 spiro atoms. The molecule has 1 aromatic rings. The van der Waals surface area contributed by atoms with Gasteiger partial charge in [0.1, 0.15) is 0 Å². The minimum absolute atomic E-state index is 0. The third-order valence-corrected chi connectivity index (χ3v) is 4.16. The van der Waals surface area contributed by atoms with E-state index in [9.17, 15) is 8.42 Å². The normalized spacial score (nSPS) is 11.1. The molecule has 0 atom stereocenters. The van der Waals surface area contributed by atoms with Crippen molar-refractivity contribution >= 4 is 47.9 Å². The predicted molar refractivity (Wildman–Crippen MR) is 86.5 cm³/mol. The van der Waals surface area contributed by atoms with Gasteiger partial charge >= 0.3 is 37.7 Å². The Bertz CT molecular complexity index is 455. The van der Waals surface area contributed by atoms with Crippen molar-refractivity contribution in [1.29, 1.82) is 0 Å². The maximum atomic E-state index is 10.9. The van der Waals surface area contributed by atoms with E-state index in [1.54, 1.807) is 12.1 Å². The molecule has 0 aliphatic heterocycles. The Morgan fingerprint density at radius 3 is 1.90 bits per heavy atom. The first-order chi connectivity index (χ1) is 9.04. The summed E-state index contributed by atoms with van der Waals surface area (Å²) >= 11 is 0. The van der Waals surface area contributed by atoms with Crippen molar-refractivity contribution < 1.29 is 13.0 Å². The first-order valence-corrected chi connectivity index (χ1v) is 8.54. The Morgan fingerprint density at radius 1 is 0.900 bits per heavy atom. The van der Waals surface area contributed by atoms with Crippen molar-refractivity contribution in [2.45, 2.75) is 63.2 Å². The van der Waals surface area contributed by atoms with E-state index in [2.05, 4.69) is 6.92 Å². The number of aryl methyl sites for hydroxylation is 1. The van der Waals surface area contributed by atoms with Gasteiger partial charge in [-0.15, -0.1) is 0 Å². The summed E-state index contributed by atoms with van der Waals surface area (Å²) in [5.74, 6) is 0. The van der Waals surface area contributed by atoms with Crippen LogP contribution in [0.5, 0.6) is 0 Å². The topological polar surface area (TPSA) is 54.4 Å². The van der Waals surface area contributed by atoms with Crippen LogP contribution in [0.3, 0.4) is 0 Å². The van der Waals surface area contributed by atoms with Crippen molar-refractivity contribution in [2.75, 3.05) is 0 Å². The van der Waals surface area contributed by atoms with Crippen molar-refractivity contribution in [1.82, 2.24) is 0 Å². The molecule has 0 fully saturated rings. The fourth-order valence-electron chi connectivity index (χ4n) is 2.11.